The van der Waals surface area contributed by atoms with Crippen LogP contribution >= 0.6 is 0 Å². The molecule has 0 amide bonds. The molecule has 0 unspecified atom stereocenters. The van der Waals surface area contributed by atoms with Crippen LogP contribution < -0.4 is 14.2 Å². The van der Waals surface area contributed by atoms with E-state index in [2.05, 4.69) is 4.72 Å². The van der Waals surface area contributed by atoms with Gasteiger partial charge in [0.15, 0.2) is 11.5 Å². The maximum atomic E-state index is 12.3. The molecular formula is C15H14N2O6S. The van der Waals surface area contributed by atoms with E-state index < -0.39 is 14.9 Å². The molecule has 1 N–H and O–H groups in total. The molecule has 0 radical (unpaired) electrons. The molecule has 0 atom stereocenters. The van der Waals surface area contributed by atoms with Crippen LogP contribution in [0, 0.1) is 10.1 Å². The number of hydrogen-bond donors (Lipinski definition) is 1. The van der Waals surface area contributed by atoms with Crippen LogP contribution in [-0.4, -0.2) is 26.6 Å². The van der Waals surface area contributed by atoms with Gasteiger partial charge in [-0.05, 0) is 23.8 Å². The Hall–Kier alpha value is -2.65. The van der Waals surface area contributed by atoms with Gasteiger partial charge in [-0.25, -0.2) is 13.1 Å². The summed E-state index contributed by atoms with van der Waals surface area (Å²) in [4.78, 5) is 9.96. The molecule has 0 saturated heterocycles. The van der Waals surface area contributed by atoms with E-state index in [1.165, 1.54) is 18.2 Å². The summed E-state index contributed by atoms with van der Waals surface area (Å²) in [5, 5.41) is 10.8. The smallest absolute Gasteiger partial charge is 0.270 e. The molecule has 8 nitrogen and oxygen atoms in total. The Labute approximate surface area is 138 Å². The number of nitro benzene ring substituents is 1. The van der Waals surface area contributed by atoms with Crippen molar-refractivity contribution >= 4 is 15.7 Å². The zero-order chi connectivity index (χ0) is 17.2. The highest BCUT2D eigenvalue weighted by atomic mass is 32.2. The Balaban J connectivity index is 1.76. The van der Waals surface area contributed by atoms with Gasteiger partial charge in [-0.15, -0.1) is 0 Å². The summed E-state index contributed by atoms with van der Waals surface area (Å²) in [6.45, 7) is 0.948. The number of fused-ring (bicyclic) bond motifs is 1. The minimum Gasteiger partial charge on any atom is -0.486 e. The van der Waals surface area contributed by atoms with Crippen LogP contribution in [0.25, 0.3) is 0 Å². The fraction of sp³-hybridized carbons (Fsp3) is 0.200. The van der Waals surface area contributed by atoms with Crippen LogP contribution in [0.1, 0.15) is 5.56 Å². The van der Waals surface area contributed by atoms with Gasteiger partial charge in [0.1, 0.15) is 13.2 Å². The normalized spacial score (nSPS) is 13.5. The quantitative estimate of drug-likeness (QED) is 0.651. The molecule has 0 saturated carbocycles. The van der Waals surface area contributed by atoms with Crippen molar-refractivity contribution in [3.8, 4) is 11.5 Å². The van der Waals surface area contributed by atoms with Crippen molar-refractivity contribution in [2.45, 2.75) is 11.4 Å². The molecule has 126 valence electrons. The molecule has 24 heavy (non-hydrogen) atoms. The molecule has 2 aromatic rings. The van der Waals surface area contributed by atoms with Gasteiger partial charge in [-0.2, -0.15) is 0 Å². The van der Waals surface area contributed by atoms with Gasteiger partial charge in [-0.3, -0.25) is 10.1 Å². The Bertz CT molecular complexity index is 881. The molecule has 0 aliphatic carbocycles. The molecule has 0 bridgehead atoms. The third kappa shape index (κ3) is 3.47. The fourth-order valence-electron chi connectivity index (χ4n) is 2.22. The topological polar surface area (TPSA) is 108 Å². The van der Waals surface area contributed by atoms with E-state index in [4.69, 9.17) is 9.47 Å². The molecule has 0 fully saturated rings. The van der Waals surface area contributed by atoms with Crippen molar-refractivity contribution in [3.63, 3.8) is 0 Å². The van der Waals surface area contributed by atoms with Crippen LogP contribution in [0.4, 0.5) is 5.69 Å². The number of benzene rings is 2. The second-order valence-electron chi connectivity index (χ2n) is 5.06. The fourth-order valence-corrected chi connectivity index (χ4v) is 3.28. The van der Waals surface area contributed by atoms with Crippen LogP contribution in [-0.2, 0) is 16.6 Å². The number of nitrogens with zero attached hydrogens (tertiary/aromatic N) is 1. The second-order valence-corrected chi connectivity index (χ2v) is 6.82. The molecule has 3 rings (SSSR count). The van der Waals surface area contributed by atoms with E-state index >= 15 is 0 Å². The summed E-state index contributed by atoms with van der Waals surface area (Å²) >= 11 is 0. The first-order valence-corrected chi connectivity index (χ1v) is 8.57. The maximum Gasteiger partial charge on any atom is 0.270 e. The summed E-state index contributed by atoms with van der Waals surface area (Å²) in [5.74, 6) is 1.18. The highest BCUT2D eigenvalue weighted by Gasteiger charge is 2.18. The molecule has 2 aromatic carbocycles. The number of ether oxygens (including phenoxy) is 2. The molecule has 1 aliphatic rings. The van der Waals surface area contributed by atoms with Gasteiger partial charge in [0.2, 0.25) is 10.0 Å². The first-order valence-electron chi connectivity index (χ1n) is 7.08. The zero-order valence-corrected chi connectivity index (χ0v) is 13.3. The van der Waals surface area contributed by atoms with E-state index in [1.54, 1.807) is 18.2 Å². The van der Waals surface area contributed by atoms with Crippen molar-refractivity contribution in [1.82, 2.24) is 4.72 Å². The van der Waals surface area contributed by atoms with Crippen molar-refractivity contribution < 1.29 is 22.8 Å². The second kappa shape index (κ2) is 6.46. The van der Waals surface area contributed by atoms with Gasteiger partial charge >= 0.3 is 0 Å². The molecule has 0 aromatic heterocycles. The lowest BCUT2D eigenvalue weighted by Crippen LogP contribution is -2.23. The van der Waals surface area contributed by atoms with Crippen LogP contribution in [0.5, 0.6) is 11.5 Å². The average molecular weight is 350 g/mol. The summed E-state index contributed by atoms with van der Waals surface area (Å²) in [6, 6.07) is 10.0. The molecule has 1 aliphatic heterocycles. The highest BCUT2D eigenvalue weighted by molar-refractivity contribution is 7.89. The summed E-state index contributed by atoms with van der Waals surface area (Å²) in [6.07, 6.45) is 0. The van der Waals surface area contributed by atoms with Gasteiger partial charge in [-0.1, -0.05) is 12.1 Å². The molecule has 0 spiro atoms. The number of non-ortho nitro benzene ring substituents is 1. The minimum absolute atomic E-state index is 0.0294. The maximum absolute atomic E-state index is 12.3. The van der Waals surface area contributed by atoms with Crippen LogP contribution in [0.2, 0.25) is 0 Å². The number of nitro groups is 1. The Morgan fingerprint density at radius 3 is 2.58 bits per heavy atom. The van der Waals surface area contributed by atoms with Gasteiger partial charge < -0.3 is 9.47 Å². The minimum atomic E-state index is -3.86. The Morgan fingerprint density at radius 1 is 1.08 bits per heavy atom. The van der Waals surface area contributed by atoms with Gasteiger partial charge in [0, 0.05) is 18.7 Å². The van der Waals surface area contributed by atoms with Crippen LogP contribution in [0.3, 0.4) is 0 Å². The summed E-state index contributed by atoms with van der Waals surface area (Å²) in [7, 11) is -3.86. The van der Waals surface area contributed by atoms with E-state index in [1.807, 2.05) is 0 Å². The molecule has 1 heterocycles. The standard InChI is InChI=1S/C15H14N2O6S/c18-17(19)12-2-1-3-13(9-12)24(20,21)16-10-11-4-5-14-15(8-11)23-7-6-22-14/h1-5,8-9,16H,6-7,10H2. The number of hydrogen-bond acceptors (Lipinski definition) is 6. The van der Waals surface area contributed by atoms with Gasteiger partial charge in [0.05, 0.1) is 9.82 Å². The number of sulfonamides is 1. The van der Waals surface area contributed by atoms with Crippen molar-refractivity contribution in [2.75, 3.05) is 13.2 Å². The average Bonchev–Trinajstić information content (AvgIpc) is 2.60. The van der Waals surface area contributed by atoms with E-state index in [9.17, 15) is 18.5 Å². The van der Waals surface area contributed by atoms with E-state index in [0.717, 1.165) is 6.07 Å². The third-order valence-corrected chi connectivity index (χ3v) is 4.81. The first-order chi connectivity index (χ1) is 11.5. The van der Waals surface area contributed by atoms with Crippen molar-refractivity contribution in [3.05, 3.63) is 58.1 Å². The van der Waals surface area contributed by atoms with E-state index in [0.29, 0.717) is 30.3 Å². The highest BCUT2D eigenvalue weighted by Crippen LogP contribution is 2.30. The predicted octanol–water partition coefficient (Wildman–Crippen LogP) is 1.84. The monoisotopic (exact) mass is 350 g/mol. The lowest BCUT2D eigenvalue weighted by molar-refractivity contribution is -0.385. The first kappa shape index (κ1) is 16.2. The van der Waals surface area contributed by atoms with Crippen LogP contribution in [0.15, 0.2) is 47.4 Å². The summed E-state index contributed by atoms with van der Waals surface area (Å²) in [5.41, 5.74) is 0.408. The summed E-state index contributed by atoms with van der Waals surface area (Å²) < 4.78 is 37.8. The SMILES string of the molecule is O=[N+]([O-])c1cccc(S(=O)(=O)NCc2ccc3c(c2)OCCO3)c1. The van der Waals surface area contributed by atoms with Crippen molar-refractivity contribution in [2.24, 2.45) is 0 Å². The number of rotatable bonds is 5. The van der Waals surface area contributed by atoms with Crippen molar-refractivity contribution in [1.29, 1.82) is 0 Å². The lowest BCUT2D eigenvalue weighted by Gasteiger charge is -2.19. The molecular weight excluding hydrogens is 336 g/mol. The predicted molar refractivity (Wildman–Crippen MR) is 84.6 cm³/mol. The molecule has 9 heteroatoms. The lowest BCUT2D eigenvalue weighted by atomic mass is 10.2. The third-order valence-electron chi connectivity index (χ3n) is 3.41. The Morgan fingerprint density at radius 2 is 1.83 bits per heavy atom. The van der Waals surface area contributed by atoms with E-state index in [-0.39, 0.29) is 17.1 Å². The van der Waals surface area contributed by atoms with Gasteiger partial charge in [0.25, 0.3) is 5.69 Å². The Kier molecular flexibility index (Phi) is 4.36. The largest absolute Gasteiger partial charge is 0.486 e. The zero-order valence-electron chi connectivity index (χ0n) is 12.5. The number of nitrogens with one attached hydrogen (secondary N) is 1.